The largest absolute Gasteiger partial charge is 0.490 e. The van der Waals surface area contributed by atoms with E-state index >= 15 is 0 Å². The molecular weight excluding hydrogens is 390 g/mol. The number of carbonyl (C=O) groups excluding carboxylic acids is 2. The van der Waals surface area contributed by atoms with Gasteiger partial charge in [-0.25, -0.2) is 0 Å². The van der Waals surface area contributed by atoms with Gasteiger partial charge in [-0.2, -0.15) is 0 Å². The summed E-state index contributed by atoms with van der Waals surface area (Å²) < 4.78 is 5.41. The molecule has 0 aliphatic rings. The molecule has 6 nitrogen and oxygen atoms in total. The van der Waals surface area contributed by atoms with Crippen molar-refractivity contribution in [3.05, 3.63) is 103 Å². The molecule has 6 heteroatoms. The van der Waals surface area contributed by atoms with Crippen LogP contribution >= 0.6 is 0 Å². The van der Waals surface area contributed by atoms with Crippen molar-refractivity contribution in [1.29, 1.82) is 0 Å². The minimum absolute atomic E-state index is 0.105. The van der Waals surface area contributed by atoms with Crippen molar-refractivity contribution in [2.45, 2.75) is 6.54 Å². The first-order valence-electron chi connectivity index (χ1n) is 9.94. The van der Waals surface area contributed by atoms with Crippen LogP contribution in [0.3, 0.4) is 0 Å². The molecule has 3 N–H and O–H groups in total. The molecule has 0 aliphatic heterocycles. The Kier molecular flexibility index (Phi) is 7.83. The standard InChI is InChI=1S/C25H25N3O3/c1-2-16-31-23-14-12-22(13-15-23)28-24(29)18-26-21-10-8-20(9-11-21)25(30)27-17-19-6-4-3-5-7-19/h2-15,26H,1,16-18H2,(H,27,30)(H,28,29). The van der Waals surface area contributed by atoms with Crippen LogP contribution in [0.15, 0.2) is 91.5 Å². The highest BCUT2D eigenvalue weighted by molar-refractivity contribution is 5.95. The Balaban J connectivity index is 1.43. The highest BCUT2D eigenvalue weighted by atomic mass is 16.5. The highest BCUT2D eigenvalue weighted by Gasteiger charge is 2.06. The Morgan fingerprint density at radius 3 is 2.23 bits per heavy atom. The summed E-state index contributed by atoms with van der Waals surface area (Å²) in [5.41, 5.74) is 3.04. The molecule has 3 aromatic carbocycles. The van der Waals surface area contributed by atoms with Crippen LogP contribution in [-0.2, 0) is 11.3 Å². The molecule has 31 heavy (non-hydrogen) atoms. The van der Waals surface area contributed by atoms with Crippen LogP contribution in [0.5, 0.6) is 5.75 Å². The van der Waals surface area contributed by atoms with Gasteiger partial charge in [-0.15, -0.1) is 0 Å². The number of ether oxygens (including phenoxy) is 1. The smallest absolute Gasteiger partial charge is 0.251 e. The first kappa shape index (κ1) is 21.6. The molecule has 0 aromatic heterocycles. The Labute approximate surface area is 181 Å². The summed E-state index contributed by atoms with van der Waals surface area (Å²) in [6.07, 6.45) is 1.67. The number of carbonyl (C=O) groups is 2. The highest BCUT2D eigenvalue weighted by Crippen LogP contribution is 2.16. The molecule has 158 valence electrons. The third-order valence-corrected chi connectivity index (χ3v) is 4.40. The SMILES string of the molecule is C=CCOc1ccc(NC(=O)CNc2ccc(C(=O)NCc3ccccc3)cc2)cc1. The summed E-state index contributed by atoms with van der Waals surface area (Å²) in [5.74, 6) is 0.391. The lowest BCUT2D eigenvalue weighted by Crippen LogP contribution is -2.23. The third kappa shape index (κ3) is 7.04. The Bertz CT molecular complexity index is 1000. The summed E-state index contributed by atoms with van der Waals surface area (Å²) in [4.78, 5) is 24.4. The topological polar surface area (TPSA) is 79.5 Å². The van der Waals surface area contributed by atoms with Crippen molar-refractivity contribution in [1.82, 2.24) is 5.32 Å². The zero-order chi connectivity index (χ0) is 21.9. The van der Waals surface area contributed by atoms with Crippen LogP contribution in [0.4, 0.5) is 11.4 Å². The van der Waals surface area contributed by atoms with Gasteiger partial charge >= 0.3 is 0 Å². The van der Waals surface area contributed by atoms with Gasteiger partial charge in [0.05, 0.1) is 6.54 Å². The molecule has 0 radical (unpaired) electrons. The van der Waals surface area contributed by atoms with E-state index in [1.807, 2.05) is 30.3 Å². The Morgan fingerprint density at radius 1 is 0.871 bits per heavy atom. The molecule has 0 heterocycles. The lowest BCUT2D eigenvalue weighted by Gasteiger charge is -2.10. The number of rotatable bonds is 10. The summed E-state index contributed by atoms with van der Waals surface area (Å²) in [6.45, 7) is 4.61. The number of anilines is 2. The number of hydrogen-bond acceptors (Lipinski definition) is 4. The van der Waals surface area contributed by atoms with E-state index in [1.54, 1.807) is 54.6 Å². The van der Waals surface area contributed by atoms with Gasteiger partial charge in [0.2, 0.25) is 5.91 Å². The Morgan fingerprint density at radius 2 is 1.55 bits per heavy atom. The zero-order valence-electron chi connectivity index (χ0n) is 17.1. The lowest BCUT2D eigenvalue weighted by molar-refractivity contribution is -0.114. The van der Waals surface area contributed by atoms with E-state index in [2.05, 4.69) is 22.5 Å². The average Bonchev–Trinajstić information content (AvgIpc) is 2.82. The van der Waals surface area contributed by atoms with Gasteiger partial charge in [-0.05, 0) is 54.1 Å². The molecule has 0 saturated carbocycles. The van der Waals surface area contributed by atoms with Crippen LogP contribution in [-0.4, -0.2) is 25.0 Å². The third-order valence-electron chi connectivity index (χ3n) is 4.40. The predicted octanol–water partition coefficient (Wildman–Crippen LogP) is 4.23. The molecule has 0 aliphatic carbocycles. The lowest BCUT2D eigenvalue weighted by atomic mass is 10.1. The molecule has 0 fully saturated rings. The van der Waals surface area contributed by atoms with E-state index < -0.39 is 0 Å². The van der Waals surface area contributed by atoms with Crippen molar-refractivity contribution in [3.63, 3.8) is 0 Å². The van der Waals surface area contributed by atoms with Gasteiger partial charge in [0.1, 0.15) is 12.4 Å². The predicted molar refractivity (Wildman–Crippen MR) is 123 cm³/mol. The van der Waals surface area contributed by atoms with E-state index in [0.717, 1.165) is 11.3 Å². The van der Waals surface area contributed by atoms with Crippen LogP contribution in [0.1, 0.15) is 15.9 Å². The number of amides is 2. The first-order valence-corrected chi connectivity index (χ1v) is 9.94. The van der Waals surface area contributed by atoms with E-state index in [0.29, 0.717) is 30.2 Å². The average molecular weight is 415 g/mol. The fourth-order valence-corrected chi connectivity index (χ4v) is 2.80. The molecule has 0 spiro atoms. The van der Waals surface area contributed by atoms with Gasteiger partial charge in [0.15, 0.2) is 0 Å². The molecule has 0 atom stereocenters. The zero-order valence-corrected chi connectivity index (χ0v) is 17.1. The Hall–Kier alpha value is -4.06. The van der Waals surface area contributed by atoms with Crippen molar-refractivity contribution in [2.24, 2.45) is 0 Å². The second-order valence-electron chi connectivity index (χ2n) is 6.77. The van der Waals surface area contributed by atoms with Crippen LogP contribution in [0.2, 0.25) is 0 Å². The first-order chi connectivity index (χ1) is 15.1. The van der Waals surface area contributed by atoms with Crippen molar-refractivity contribution in [2.75, 3.05) is 23.8 Å². The molecule has 3 aromatic rings. The fourth-order valence-electron chi connectivity index (χ4n) is 2.80. The molecule has 0 bridgehead atoms. The van der Waals surface area contributed by atoms with Crippen molar-refractivity contribution in [3.8, 4) is 5.75 Å². The second-order valence-corrected chi connectivity index (χ2v) is 6.77. The maximum absolute atomic E-state index is 12.3. The summed E-state index contributed by atoms with van der Waals surface area (Å²) in [6, 6.07) is 23.9. The molecule has 0 saturated heterocycles. The summed E-state index contributed by atoms with van der Waals surface area (Å²) in [5, 5.41) is 8.75. The van der Waals surface area contributed by atoms with Gasteiger partial charge in [0, 0.05) is 23.5 Å². The van der Waals surface area contributed by atoms with Gasteiger partial charge < -0.3 is 20.7 Å². The molecule has 3 rings (SSSR count). The van der Waals surface area contributed by atoms with E-state index in [9.17, 15) is 9.59 Å². The molecule has 2 amide bonds. The minimum Gasteiger partial charge on any atom is -0.490 e. The maximum atomic E-state index is 12.3. The van der Waals surface area contributed by atoms with E-state index in [4.69, 9.17) is 4.74 Å². The number of hydrogen-bond donors (Lipinski definition) is 3. The minimum atomic E-state index is -0.176. The molecular formula is C25H25N3O3. The van der Waals surface area contributed by atoms with Gasteiger partial charge in [-0.3, -0.25) is 9.59 Å². The van der Waals surface area contributed by atoms with Crippen LogP contribution < -0.4 is 20.7 Å². The fraction of sp³-hybridized carbons (Fsp3) is 0.120. The van der Waals surface area contributed by atoms with Crippen LogP contribution in [0.25, 0.3) is 0 Å². The monoisotopic (exact) mass is 415 g/mol. The van der Waals surface area contributed by atoms with Gasteiger partial charge in [-0.1, -0.05) is 43.0 Å². The summed E-state index contributed by atoms with van der Waals surface area (Å²) >= 11 is 0. The van der Waals surface area contributed by atoms with Crippen molar-refractivity contribution >= 4 is 23.2 Å². The van der Waals surface area contributed by atoms with Crippen LogP contribution in [0, 0.1) is 0 Å². The number of benzene rings is 3. The van der Waals surface area contributed by atoms with Gasteiger partial charge in [0.25, 0.3) is 5.91 Å². The van der Waals surface area contributed by atoms with E-state index in [1.165, 1.54) is 0 Å². The quantitative estimate of drug-likeness (QED) is 0.433. The molecule has 0 unspecified atom stereocenters. The van der Waals surface area contributed by atoms with E-state index in [-0.39, 0.29) is 18.4 Å². The maximum Gasteiger partial charge on any atom is 0.251 e. The second kappa shape index (κ2) is 11.2. The summed E-state index contributed by atoms with van der Waals surface area (Å²) in [7, 11) is 0. The van der Waals surface area contributed by atoms with Crippen molar-refractivity contribution < 1.29 is 14.3 Å². The normalized spacial score (nSPS) is 10.1. The number of nitrogens with one attached hydrogen (secondary N) is 3.